The molecule has 0 aliphatic heterocycles. The van der Waals surface area contributed by atoms with Crippen LogP contribution in [0.5, 0.6) is 0 Å². The predicted octanol–water partition coefficient (Wildman–Crippen LogP) is 2.46. The first kappa shape index (κ1) is 9.65. The number of Topliss-reactive ketones (excluding diaryl/α,β-unsaturated/α-hetero) is 1. The van der Waals surface area contributed by atoms with Gasteiger partial charge in [0.05, 0.1) is 0 Å². The van der Waals surface area contributed by atoms with Crippen molar-refractivity contribution >= 4 is 5.78 Å². The Morgan fingerprint density at radius 2 is 1.77 bits per heavy atom. The van der Waals surface area contributed by atoms with Crippen molar-refractivity contribution in [1.29, 1.82) is 0 Å². The molecule has 1 aromatic rings. The van der Waals surface area contributed by atoms with Gasteiger partial charge in [-0.25, -0.2) is 0 Å². The number of pyridine rings is 1. The summed E-state index contributed by atoms with van der Waals surface area (Å²) in [6.45, 7) is 9.09. The molecule has 0 aromatic carbocycles. The summed E-state index contributed by atoms with van der Waals surface area (Å²) >= 11 is 0. The molecule has 0 bridgehead atoms. The summed E-state index contributed by atoms with van der Waals surface area (Å²) in [5.74, 6) is -0.00593. The number of nitrogens with zero attached hydrogens (tertiary/aromatic N) is 1. The number of allylic oxidation sites excluding steroid dienone is 1. The lowest BCUT2D eigenvalue weighted by molar-refractivity contribution is 0.103. The second kappa shape index (κ2) is 3.52. The topological polar surface area (TPSA) is 30.0 Å². The summed E-state index contributed by atoms with van der Waals surface area (Å²) < 4.78 is 0. The van der Waals surface area contributed by atoms with Gasteiger partial charge in [-0.15, -0.1) is 0 Å². The quantitative estimate of drug-likeness (QED) is 0.510. The Kier molecular flexibility index (Phi) is 2.61. The molecule has 0 saturated carbocycles. The zero-order valence-electron chi connectivity index (χ0n) is 8.22. The van der Waals surface area contributed by atoms with E-state index < -0.39 is 0 Å². The fraction of sp³-hybridized carbons (Fsp3) is 0.273. The lowest BCUT2D eigenvalue weighted by atomic mass is 10.1. The van der Waals surface area contributed by atoms with Crippen molar-refractivity contribution < 1.29 is 4.79 Å². The Hall–Kier alpha value is -1.44. The third-order valence-electron chi connectivity index (χ3n) is 1.73. The van der Waals surface area contributed by atoms with Crippen LogP contribution in [0, 0.1) is 13.8 Å². The number of rotatable bonds is 2. The average Bonchev–Trinajstić information content (AvgIpc) is 2.01. The van der Waals surface area contributed by atoms with Crippen molar-refractivity contribution in [2.45, 2.75) is 20.8 Å². The van der Waals surface area contributed by atoms with Gasteiger partial charge < -0.3 is 0 Å². The van der Waals surface area contributed by atoms with Crippen molar-refractivity contribution in [1.82, 2.24) is 4.98 Å². The normalized spacial score (nSPS) is 9.77. The smallest absolute Gasteiger partial charge is 0.188 e. The zero-order chi connectivity index (χ0) is 10.0. The summed E-state index contributed by atoms with van der Waals surface area (Å²) in [4.78, 5) is 15.7. The van der Waals surface area contributed by atoms with Gasteiger partial charge in [-0.1, -0.05) is 6.58 Å². The molecule has 1 heterocycles. The van der Waals surface area contributed by atoms with Gasteiger partial charge in [-0.2, -0.15) is 0 Å². The van der Waals surface area contributed by atoms with E-state index in [2.05, 4.69) is 11.6 Å². The number of carbonyl (C=O) groups excluding carboxylic acids is 1. The minimum Gasteiger partial charge on any atom is -0.289 e. The summed E-state index contributed by atoms with van der Waals surface area (Å²) in [7, 11) is 0. The molecule has 0 fully saturated rings. The van der Waals surface area contributed by atoms with Crippen LogP contribution in [0.15, 0.2) is 24.3 Å². The van der Waals surface area contributed by atoms with E-state index in [1.807, 2.05) is 13.8 Å². The van der Waals surface area contributed by atoms with Crippen LogP contribution in [0.1, 0.15) is 28.7 Å². The molecule has 1 rings (SSSR count). The number of hydrogen-bond acceptors (Lipinski definition) is 2. The largest absolute Gasteiger partial charge is 0.289 e. The molecule has 0 aliphatic carbocycles. The first-order valence-corrected chi connectivity index (χ1v) is 4.16. The molecule has 2 heteroatoms. The number of hydrogen-bond donors (Lipinski definition) is 0. The molecule has 68 valence electrons. The van der Waals surface area contributed by atoms with Crippen LogP contribution in [0.2, 0.25) is 0 Å². The van der Waals surface area contributed by atoms with Gasteiger partial charge in [0.25, 0.3) is 0 Å². The van der Waals surface area contributed by atoms with E-state index in [-0.39, 0.29) is 5.78 Å². The maximum absolute atomic E-state index is 11.5. The lowest BCUT2D eigenvalue weighted by Crippen LogP contribution is -2.01. The maximum Gasteiger partial charge on any atom is 0.188 e. The van der Waals surface area contributed by atoms with Gasteiger partial charge in [0.15, 0.2) is 5.78 Å². The van der Waals surface area contributed by atoms with Crippen LogP contribution in [0.4, 0.5) is 0 Å². The average molecular weight is 175 g/mol. The second-order valence-corrected chi connectivity index (χ2v) is 3.25. The molecule has 0 radical (unpaired) electrons. The molecule has 13 heavy (non-hydrogen) atoms. The monoisotopic (exact) mass is 175 g/mol. The summed E-state index contributed by atoms with van der Waals surface area (Å²) in [5, 5.41) is 0. The van der Waals surface area contributed by atoms with Gasteiger partial charge in [0.1, 0.15) is 0 Å². The van der Waals surface area contributed by atoms with Gasteiger partial charge in [-0.05, 0) is 38.5 Å². The predicted molar refractivity (Wildman–Crippen MR) is 52.9 cm³/mol. The molecular weight excluding hydrogens is 162 g/mol. The minimum absolute atomic E-state index is 0.00593. The van der Waals surface area contributed by atoms with Crippen LogP contribution >= 0.6 is 0 Å². The fourth-order valence-electron chi connectivity index (χ4n) is 1.21. The Bertz CT molecular complexity index is 346. The second-order valence-electron chi connectivity index (χ2n) is 3.25. The first-order valence-electron chi connectivity index (χ1n) is 4.16. The Balaban J connectivity index is 3.15. The van der Waals surface area contributed by atoms with E-state index in [0.717, 1.165) is 11.4 Å². The van der Waals surface area contributed by atoms with Crippen LogP contribution < -0.4 is 0 Å². The highest BCUT2D eigenvalue weighted by Gasteiger charge is 2.07. The summed E-state index contributed by atoms with van der Waals surface area (Å²) in [6, 6.07) is 3.56. The van der Waals surface area contributed by atoms with Gasteiger partial charge >= 0.3 is 0 Å². The third-order valence-corrected chi connectivity index (χ3v) is 1.73. The van der Waals surface area contributed by atoms with Crippen molar-refractivity contribution in [3.63, 3.8) is 0 Å². The van der Waals surface area contributed by atoms with Gasteiger partial charge in [0.2, 0.25) is 0 Å². The van der Waals surface area contributed by atoms with E-state index in [0.29, 0.717) is 11.1 Å². The highest BCUT2D eigenvalue weighted by molar-refractivity contribution is 6.07. The Morgan fingerprint density at radius 1 is 1.31 bits per heavy atom. The highest BCUT2D eigenvalue weighted by Crippen LogP contribution is 2.09. The van der Waals surface area contributed by atoms with Gasteiger partial charge in [0, 0.05) is 17.0 Å². The molecule has 0 N–H and O–H groups in total. The SMILES string of the molecule is C=C(C)C(=O)c1cc(C)nc(C)c1. The van der Waals surface area contributed by atoms with Crippen molar-refractivity contribution in [2.24, 2.45) is 0 Å². The number of aryl methyl sites for hydroxylation is 2. The number of carbonyl (C=O) groups is 1. The zero-order valence-corrected chi connectivity index (χ0v) is 8.22. The van der Waals surface area contributed by atoms with Crippen molar-refractivity contribution in [3.8, 4) is 0 Å². The minimum atomic E-state index is -0.00593. The molecular formula is C11H13NO. The van der Waals surface area contributed by atoms with E-state index in [1.165, 1.54) is 0 Å². The fourth-order valence-corrected chi connectivity index (χ4v) is 1.21. The van der Waals surface area contributed by atoms with Gasteiger partial charge in [-0.3, -0.25) is 9.78 Å². The van der Waals surface area contributed by atoms with Crippen LogP contribution in [0.25, 0.3) is 0 Å². The van der Waals surface area contributed by atoms with Crippen LogP contribution in [-0.4, -0.2) is 10.8 Å². The number of aromatic nitrogens is 1. The standard InChI is InChI=1S/C11H13NO/c1-7(2)11(13)10-5-8(3)12-9(4)6-10/h5-6H,1H2,2-4H3. The highest BCUT2D eigenvalue weighted by atomic mass is 16.1. The molecule has 0 spiro atoms. The molecule has 0 saturated heterocycles. The van der Waals surface area contributed by atoms with E-state index in [1.54, 1.807) is 19.1 Å². The number of ketones is 1. The molecule has 0 aliphatic rings. The first-order chi connectivity index (χ1) is 6.00. The van der Waals surface area contributed by atoms with Crippen molar-refractivity contribution in [3.05, 3.63) is 41.2 Å². The molecule has 1 aromatic heterocycles. The molecule has 0 unspecified atom stereocenters. The van der Waals surface area contributed by atoms with Crippen molar-refractivity contribution in [2.75, 3.05) is 0 Å². The third kappa shape index (κ3) is 2.25. The van der Waals surface area contributed by atoms with Crippen LogP contribution in [-0.2, 0) is 0 Å². The molecule has 0 atom stereocenters. The Labute approximate surface area is 78.3 Å². The lowest BCUT2D eigenvalue weighted by Gasteiger charge is -2.02. The van der Waals surface area contributed by atoms with E-state index in [9.17, 15) is 4.79 Å². The van der Waals surface area contributed by atoms with E-state index >= 15 is 0 Å². The molecule has 0 amide bonds. The van der Waals surface area contributed by atoms with Crippen LogP contribution in [0.3, 0.4) is 0 Å². The summed E-state index contributed by atoms with van der Waals surface area (Å²) in [5.41, 5.74) is 2.97. The maximum atomic E-state index is 11.5. The Morgan fingerprint density at radius 3 is 2.15 bits per heavy atom. The van der Waals surface area contributed by atoms with E-state index in [4.69, 9.17) is 0 Å². The summed E-state index contributed by atoms with van der Waals surface area (Å²) in [6.07, 6.45) is 0. The molecule has 2 nitrogen and oxygen atoms in total.